The van der Waals surface area contributed by atoms with E-state index in [9.17, 15) is 9.59 Å². The van der Waals surface area contributed by atoms with Gasteiger partial charge in [-0.1, -0.05) is 13.0 Å². The first kappa shape index (κ1) is 16.4. The van der Waals surface area contributed by atoms with Crippen LogP contribution >= 0.6 is 11.3 Å². The number of aryl methyl sites for hydroxylation is 1. The van der Waals surface area contributed by atoms with Crippen molar-refractivity contribution in [1.82, 2.24) is 15.1 Å². The number of nitrogens with one attached hydrogen (secondary N) is 1. The predicted molar refractivity (Wildman–Crippen MR) is 88.9 cm³/mol. The standard InChI is InChI=1S/C16H21N3O2S/c1-3-12(2)17-15(20)7-4-10-19-16(21)9-8-13(18-19)14-6-5-11-22-14/h5-6,8-9,11-12H,3-4,7,10H2,1-2H3,(H,17,20). The van der Waals surface area contributed by atoms with Crippen LogP contribution in [-0.4, -0.2) is 21.7 Å². The van der Waals surface area contributed by atoms with Crippen molar-refractivity contribution in [2.75, 3.05) is 0 Å². The van der Waals surface area contributed by atoms with E-state index < -0.39 is 0 Å². The van der Waals surface area contributed by atoms with Gasteiger partial charge < -0.3 is 5.32 Å². The van der Waals surface area contributed by atoms with Crippen molar-refractivity contribution in [2.24, 2.45) is 0 Å². The Balaban J connectivity index is 1.94. The maximum atomic E-state index is 11.8. The summed E-state index contributed by atoms with van der Waals surface area (Å²) >= 11 is 1.59. The Morgan fingerprint density at radius 1 is 1.41 bits per heavy atom. The van der Waals surface area contributed by atoms with Crippen molar-refractivity contribution in [3.05, 3.63) is 40.0 Å². The van der Waals surface area contributed by atoms with Gasteiger partial charge in [0.25, 0.3) is 5.56 Å². The first-order valence-corrected chi connectivity index (χ1v) is 8.39. The summed E-state index contributed by atoms with van der Waals surface area (Å²) in [4.78, 5) is 24.6. The number of carbonyl (C=O) groups is 1. The fraction of sp³-hybridized carbons (Fsp3) is 0.438. The van der Waals surface area contributed by atoms with Crippen LogP contribution in [0.4, 0.5) is 0 Å². The molecule has 1 N–H and O–H groups in total. The first-order valence-electron chi connectivity index (χ1n) is 7.51. The monoisotopic (exact) mass is 319 g/mol. The molecule has 1 amide bonds. The van der Waals surface area contributed by atoms with Crippen LogP contribution in [0.5, 0.6) is 0 Å². The lowest BCUT2D eigenvalue weighted by atomic mass is 10.2. The van der Waals surface area contributed by atoms with Gasteiger partial charge in [0, 0.05) is 25.1 Å². The van der Waals surface area contributed by atoms with E-state index in [0.29, 0.717) is 19.4 Å². The molecule has 0 bridgehead atoms. The highest BCUT2D eigenvalue weighted by molar-refractivity contribution is 7.13. The van der Waals surface area contributed by atoms with E-state index >= 15 is 0 Å². The summed E-state index contributed by atoms with van der Waals surface area (Å²) in [6.45, 7) is 4.46. The van der Waals surface area contributed by atoms with Gasteiger partial charge in [0.2, 0.25) is 5.91 Å². The number of nitrogens with zero attached hydrogens (tertiary/aromatic N) is 2. The Morgan fingerprint density at radius 2 is 2.23 bits per heavy atom. The topological polar surface area (TPSA) is 64.0 Å². The van der Waals surface area contributed by atoms with Crippen LogP contribution < -0.4 is 10.9 Å². The van der Waals surface area contributed by atoms with E-state index in [2.05, 4.69) is 10.4 Å². The quantitative estimate of drug-likeness (QED) is 0.853. The molecule has 0 aliphatic carbocycles. The fourth-order valence-corrected chi connectivity index (χ4v) is 2.69. The molecule has 1 unspecified atom stereocenters. The van der Waals surface area contributed by atoms with Gasteiger partial charge in [0.05, 0.1) is 4.88 Å². The molecule has 0 aromatic carbocycles. The third kappa shape index (κ3) is 4.53. The van der Waals surface area contributed by atoms with E-state index in [4.69, 9.17) is 0 Å². The molecule has 5 nitrogen and oxygen atoms in total. The number of hydrogen-bond acceptors (Lipinski definition) is 4. The number of thiophene rings is 1. The molecule has 6 heteroatoms. The third-order valence-electron chi connectivity index (χ3n) is 3.43. The van der Waals surface area contributed by atoms with Gasteiger partial charge in [-0.15, -0.1) is 11.3 Å². The minimum Gasteiger partial charge on any atom is -0.354 e. The van der Waals surface area contributed by atoms with Crippen LogP contribution in [0.25, 0.3) is 10.6 Å². The molecule has 0 saturated carbocycles. The highest BCUT2D eigenvalue weighted by Gasteiger charge is 2.07. The number of rotatable bonds is 7. The number of hydrogen-bond donors (Lipinski definition) is 1. The van der Waals surface area contributed by atoms with Crippen molar-refractivity contribution in [1.29, 1.82) is 0 Å². The largest absolute Gasteiger partial charge is 0.354 e. The Morgan fingerprint density at radius 3 is 2.91 bits per heavy atom. The number of amides is 1. The minimum absolute atomic E-state index is 0.0248. The van der Waals surface area contributed by atoms with E-state index in [-0.39, 0.29) is 17.5 Å². The molecule has 0 aliphatic rings. The van der Waals surface area contributed by atoms with Crippen molar-refractivity contribution in [3.8, 4) is 10.6 Å². The molecule has 0 spiro atoms. The second kappa shape index (κ2) is 7.89. The molecule has 2 heterocycles. The zero-order valence-electron chi connectivity index (χ0n) is 12.9. The summed E-state index contributed by atoms with van der Waals surface area (Å²) in [6, 6.07) is 7.38. The summed E-state index contributed by atoms with van der Waals surface area (Å²) in [5.41, 5.74) is 0.654. The van der Waals surface area contributed by atoms with Crippen LogP contribution in [-0.2, 0) is 11.3 Å². The molecule has 0 saturated heterocycles. The molecule has 22 heavy (non-hydrogen) atoms. The van der Waals surface area contributed by atoms with Crippen molar-refractivity contribution in [3.63, 3.8) is 0 Å². The van der Waals surface area contributed by atoms with E-state index in [1.165, 1.54) is 10.7 Å². The van der Waals surface area contributed by atoms with Gasteiger partial charge in [0.15, 0.2) is 0 Å². The second-order valence-electron chi connectivity index (χ2n) is 5.24. The number of aromatic nitrogens is 2. The number of carbonyl (C=O) groups excluding carboxylic acids is 1. The third-order valence-corrected chi connectivity index (χ3v) is 4.33. The van der Waals surface area contributed by atoms with Gasteiger partial charge in [-0.25, -0.2) is 4.68 Å². The van der Waals surface area contributed by atoms with Crippen LogP contribution in [0.2, 0.25) is 0 Å². The maximum Gasteiger partial charge on any atom is 0.266 e. The molecule has 118 valence electrons. The van der Waals surface area contributed by atoms with Gasteiger partial charge in [0.1, 0.15) is 5.69 Å². The van der Waals surface area contributed by atoms with Gasteiger partial charge in [-0.3, -0.25) is 9.59 Å². The fourth-order valence-electron chi connectivity index (χ4n) is 2.00. The Bertz CT molecular complexity index is 664. The summed E-state index contributed by atoms with van der Waals surface area (Å²) in [5, 5.41) is 9.27. The molecule has 1 atom stereocenters. The highest BCUT2D eigenvalue weighted by Crippen LogP contribution is 2.21. The van der Waals surface area contributed by atoms with Crippen LogP contribution in [0.15, 0.2) is 34.4 Å². The van der Waals surface area contributed by atoms with Crippen molar-refractivity contribution < 1.29 is 4.79 Å². The molecule has 0 radical (unpaired) electrons. The van der Waals surface area contributed by atoms with Gasteiger partial charge >= 0.3 is 0 Å². The van der Waals surface area contributed by atoms with Crippen molar-refractivity contribution in [2.45, 2.75) is 45.7 Å². The smallest absolute Gasteiger partial charge is 0.266 e. The zero-order valence-corrected chi connectivity index (χ0v) is 13.7. The average molecular weight is 319 g/mol. The second-order valence-corrected chi connectivity index (χ2v) is 6.19. The minimum atomic E-state index is -0.136. The van der Waals surface area contributed by atoms with Crippen LogP contribution in [0.1, 0.15) is 33.1 Å². The SMILES string of the molecule is CCC(C)NC(=O)CCCn1nc(-c2cccs2)ccc1=O. The summed E-state index contributed by atoms with van der Waals surface area (Å²) in [7, 11) is 0. The molecule has 2 rings (SSSR count). The molecular formula is C16H21N3O2S. The Hall–Kier alpha value is -1.95. The summed E-state index contributed by atoms with van der Waals surface area (Å²) in [5.74, 6) is 0.0248. The maximum absolute atomic E-state index is 11.8. The Labute approximate surface area is 134 Å². The lowest BCUT2D eigenvalue weighted by Crippen LogP contribution is -2.32. The van der Waals surface area contributed by atoms with Gasteiger partial charge in [-0.05, 0) is 37.3 Å². The molecular weight excluding hydrogens is 298 g/mol. The summed E-state index contributed by atoms with van der Waals surface area (Å²) < 4.78 is 1.44. The molecule has 0 fully saturated rings. The Kier molecular flexibility index (Phi) is 5.89. The highest BCUT2D eigenvalue weighted by atomic mass is 32.1. The zero-order chi connectivity index (χ0) is 15.9. The van der Waals surface area contributed by atoms with Crippen LogP contribution in [0, 0.1) is 0 Å². The summed E-state index contributed by atoms with van der Waals surface area (Å²) in [6.07, 6.45) is 1.92. The van der Waals surface area contributed by atoms with Gasteiger partial charge in [-0.2, -0.15) is 5.10 Å². The lowest BCUT2D eigenvalue weighted by molar-refractivity contribution is -0.121. The molecule has 2 aromatic heterocycles. The molecule has 2 aromatic rings. The van der Waals surface area contributed by atoms with E-state index in [0.717, 1.165) is 17.0 Å². The van der Waals surface area contributed by atoms with Crippen LogP contribution in [0.3, 0.4) is 0 Å². The van der Waals surface area contributed by atoms with Crippen molar-refractivity contribution >= 4 is 17.2 Å². The average Bonchev–Trinajstić information content (AvgIpc) is 3.03. The predicted octanol–water partition coefficient (Wildman–Crippen LogP) is 2.67. The normalized spacial score (nSPS) is 12.1. The van der Waals surface area contributed by atoms with E-state index in [1.807, 2.05) is 31.4 Å². The molecule has 0 aliphatic heterocycles. The van der Waals surface area contributed by atoms with E-state index in [1.54, 1.807) is 17.4 Å². The first-order chi connectivity index (χ1) is 10.6. The lowest BCUT2D eigenvalue weighted by Gasteiger charge is -2.11.